The molecule has 1 aliphatic heterocycles. The van der Waals surface area contributed by atoms with Gasteiger partial charge < -0.3 is 0 Å². The Bertz CT molecular complexity index is 763. The van der Waals surface area contributed by atoms with Gasteiger partial charge in [0, 0.05) is 13.1 Å². The number of hydrogen-bond acceptors (Lipinski definition) is 4. The molecule has 4 nitrogen and oxygen atoms in total. The Morgan fingerprint density at radius 2 is 1.85 bits per heavy atom. The predicted octanol–water partition coefficient (Wildman–Crippen LogP) is 3.89. The van der Waals surface area contributed by atoms with E-state index in [0.29, 0.717) is 17.4 Å². The molecule has 1 aliphatic rings. The Morgan fingerprint density at radius 3 is 2.46 bits per heavy atom. The molecule has 1 fully saturated rings. The smallest absolute Gasteiger partial charge is 0.240 e. The summed E-state index contributed by atoms with van der Waals surface area (Å²) in [6.07, 6.45) is 4.14. The molecule has 0 amide bonds. The molecule has 26 heavy (non-hydrogen) atoms. The quantitative estimate of drug-likeness (QED) is 0.741. The van der Waals surface area contributed by atoms with Gasteiger partial charge in [0.1, 0.15) is 0 Å². The Hall–Kier alpha value is -1.21. The van der Waals surface area contributed by atoms with Crippen LogP contribution in [0.5, 0.6) is 0 Å². The molecular formula is C20H28N2O2S2. The SMILES string of the molecule is CCCc1ccc(S(=O)(=O)NCC2CCN(Cc3ccsc3)CC2)cc1. The Morgan fingerprint density at radius 1 is 1.12 bits per heavy atom. The molecule has 2 heterocycles. The van der Waals surface area contributed by atoms with E-state index in [1.54, 1.807) is 23.5 Å². The zero-order valence-electron chi connectivity index (χ0n) is 15.4. The average molecular weight is 393 g/mol. The minimum Gasteiger partial charge on any atom is -0.299 e. The van der Waals surface area contributed by atoms with Crippen LogP contribution < -0.4 is 4.72 Å². The van der Waals surface area contributed by atoms with Gasteiger partial charge in [-0.2, -0.15) is 11.3 Å². The summed E-state index contributed by atoms with van der Waals surface area (Å²) in [5.74, 6) is 0.419. The molecule has 2 aromatic rings. The van der Waals surface area contributed by atoms with E-state index in [0.717, 1.165) is 45.3 Å². The third-order valence-electron chi connectivity index (χ3n) is 5.03. The van der Waals surface area contributed by atoms with Crippen LogP contribution in [-0.4, -0.2) is 33.0 Å². The van der Waals surface area contributed by atoms with E-state index in [-0.39, 0.29) is 0 Å². The van der Waals surface area contributed by atoms with Gasteiger partial charge in [-0.3, -0.25) is 4.90 Å². The van der Waals surface area contributed by atoms with Gasteiger partial charge in [-0.25, -0.2) is 13.1 Å². The summed E-state index contributed by atoms with van der Waals surface area (Å²) in [7, 11) is -3.41. The fourth-order valence-electron chi connectivity index (χ4n) is 3.42. The van der Waals surface area contributed by atoms with Crippen LogP contribution in [0.25, 0.3) is 0 Å². The average Bonchev–Trinajstić information content (AvgIpc) is 3.15. The normalized spacial score (nSPS) is 16.8. The lowest BCUT2D eigenvalue weighted by Crippen LogP contribution is -2.38. The maximum atomic E-state index is 12.5. The lowest BCUT2D eigenvalue weighted by Gasteiger charge is -2.31. The fourth-order valence-corrected chi connectivity index (χ4v) is 5.20. The third kappa shape index (κ3) is 5.39. The predicted molar refractivity (Wildman–Crippen MR) is 108 cm³/mol. The molecule has 1 aromatic heterocycles. The monoisotopic (exact) mass is 392 g/mol. The molecule has 142 valence electrons. The summed E-state index contributed by atoms with van der Waals surface area (Å²) in [5.41, 5.74) is 2.56. The molecule has 3 rings (SSSR count). The van der Waals surface area contributed by atoms with Crippen LogP contribution in [-0.2, 0) is 23.0 Å². The molecule has 0 radical (unpaired) electrons. The largest absolute Gasteiger partial charge is 0.299 e. The van der Waals surface area contributed by atoms with Crippen LogP contribution in [0.1, 0.15) is 37.3 Å². The van der Waals surface area contributed by atoms with Gasteiger partial charge in [-0.05, 0) is 78.4 Å². The highest BCUT2D eigenvalue weighted by Crippen LogP contribution is 2.20. The second-order valence-corrected chi connectivity index (χ2v) is 9.64. The highest BCUT2D eigenvalue weighted by Gasteiger charge is 2.22. The van der Waals surface area contributed by atoms with Gasteiger partial charge in [0.05, 0.1) is 4.90 Å². The van der Waals surface area contributed by atoms with Crippen LogP contribution in [0, 0.1) is 5.92 Å². The first-order valence-corrected chi connectivity index (χ1v) is 11.8. The Labute approximate surface area is 161 Å². The number of nitrogens with one attached hydrogen (secondary N) is 1. The van der Waals surface area contributed by atoms with E-state index >= 15 is 0 Å². The number of piperidine rings is 1. The number of aryl methyl sites for hydroxylation is 1. The molecule has 0 atom stereocenters. The third-order valence-corrected chi connectivity index (χ3v) is 7.20. The van der Waals surface area contributed by atoms with Crippen molar-refractivity contribution < 1.29 is 8.42 Å². The van der Waals surface area contributed by atoms with E-state index in [1.165, 1.54) is 11.1 Å². The highest BCUT2D eigenvalue weighted by molar-refractivity contribution is 7.89. The number of rotatable bonds is 8. The zero-order chi connectivity index (χ0) is 18.4. The summed E-state index contributed by atoms with van der Waals surface area (Å²) in [6, 6.07) is 9.45. The second-order valence-electron chi connectivity index (χ2n) is 7.10. The Balaban J connectivity index is 1.46. The first-order chi connectivity index (χ1) is 12.6. The number of sulfonamides is 1. The van der Waals surface area contributed by atoms with Crippen LogP contribution >= 0.6 is 11.3 Å². The highest BCUT2D eigenvalue weighted by atomic mass is 32.2. The maximum Gasteiger partial charge on any atom is 0.240 e. The lowest BCUT2D eigenvalue weighted by atomic mass is 9.97. The number of benzene rings is 1. The molecular weight excluding hydrogens is 364 g/mol. The van der Waals surface area contributed by atoms with Gasteiger partial charge >= 0.3 is 0 Å². The molecule has 0 spiro atoms. The number of likely N-dealkylation sites (tertiary alicyclic amines) is 1. The van der Waals surface area contributed by atoms with Gasteiger partial charge in [-0.15, -0.1) is 0 Å². The molecule has 1 N–H and O–H groups in total. The van der Waals surface area contributed by atoms with Gasteiger partial charge in [-0.1, -0.05) is 25.5 Å². The fraction of sp³-hybridized carbons (Fsp3) is 0.500. The summed E-state index contributed by atoms with van der Waals surface area (Å²) < 4.78 is 27.8. The standard InChI is InChI=1S/C20H28N2O2S2/c1-2-3-17-4-6-20(7-5-17)26(23,24)21-14-18-8-11-22(12-9-18)15-19-10-13-25-16-19/h4-7,10,13,16,18,21H,2-3,8-9,11-12,14-15H2,1H3. The topological polar surface area (TPSA) is 49.4 Å². The van der Waals surface area contributed by atoms with Crippen molar-refractivity contribution in [1.82, 2.24) is 9.62 Å². The van der Waals surface area contributed by atoms with Crippen molar-refractivity contribution in [1.29, 1.82) is 0 Å². The summed E-state index contributed by atoms with van der Waals surface area (Å²) in [5, 5.41) is 4.32. The van der Waals surface area contributed by atoms with Crippen LogP contribution in [0.2, 0.25) is 0 Å². The Kier molecular flexibility index (Phi) is 6.86. The van der Waals surface area contributed by atoms with Crippen molar-refractivity contribution in [2.24, 2.45) is 5.92 Å². The van der Waals surface area contributed by atoms with Crippen molar-refractivity contribution in [3.63, 3.8) is 0 Å². The molecule has 6 heteroatoms. The van der Waals surface area contributed by atoms with Crippen molar-refractivity contribution in [2.45, 2.75) is 44.0 Å². The van der Waals surface area contributed by atoms with E-state index in [4.69, 9.17) is 0 Å². The van der Waals surface area contributed by atoms with Crippen molar-refractivity contribution in [3.05, 3.63) is 52.2 Å². The minimum absolute atomic E-state index is 0.368. The first-order valence-electron chi connectivity index (χ1n) is 9.39. The maximum absolute atomic E-state index is 12.5. The number of nitrogens with zero attached hydrogens (tertiary/aromatic N) is 1. The minimum atomic E-state index is -3.41. The van der Waals surface area contributed by atoms with Crippen molar-refractivity contribution in [2.75, 3.05) is 19.6 Å². The van der Waals surface area contributed by atoms with Gasteiger partial charge in [0.25, 0.3) is 0 Å². The van der Waals surface area contributed by atoms with E-state index in [2.05, 4.69) is 33.4 Å². The van der Waals surface area contributed by atoms with E-state index in [1.807, 2.05) is 12.1 Å². The second kappa shape index (κ2) is 9.13. The van der Waals surface area contributed by atoms with Gasteiger partial charge in [0.2, 0.25) is 10.0 Å². The van der Waals surface area contributed by atoms with E-state index < -0.39 is 10.0 Å². The number of hydrogen-bond donors (Lipinski definition) is 1. The lowest BCUT2D eigenvalue weighted by molar-refractivity contribution is 0.179. The zero-order valence-corrected chi connectivity index (χ0v) is 17.0. The first kappa shape index (κ1) is 19.5. The summed E-state index contributed by atoms with van der Waals surface area (Å²) >= 11 is 1.74. The van der Waals surface area contributed by atoms with Crippen LogP contribution in [0.3, 0.4) is 0 Å². The molecule has 0 aliphatic carbocycles. The molecule has 1 aromatic carbocycles. The molecule has 0 unspecified atom stereocenters. The van der Waals surface area contributed by atoms with Gasteiger partial charge in [0.15, 0.2) is 0 Å². The van der Waals surface area contributed by atoms with Crippen molar-refractivity contribution >= 4 is 21.4 Å². The molecule has 0 bridgehead atoms. The molecule has 0 saturated carbocycles. The van der Waals surface area contributed by atoms with Crippen molar-refractivity contribution in [3.8, 4) is 0 Å². The van der Waals surface area contributed by atoms with Crippen LogP contribution in [0.4, 0.5) is 0 Å². The van der Waals surface area contributed by atoms with E-state index in [9.17, 15) is 8.42 Å². The summed E-state index contributed by atoms with van der Waals surface area (Å²) in [4.78, 5) is 2.83. The molecule has 1 saturated heterocycles. The van der Waals surface area contributed by atoms with Crippen LogP contribution in [0.15, 0.2) is 46.0 Å². The number of thiophene rings is 1. The summed E-state index contributed by atoms with van der Waals surface area (Å²) in [6.45, 7) is 5.73.